The molecule has 2 aromatic heterocycles. The molecule has 0 N–H and O–H groups in total. The minimum Gasteiger partial charge on any atom is -0.481 e. The monoisotopic (exact) mass is 233 g/mol. The Labute approximate surface area is 102 Å². The molecule has 2 rings (SSSR count). The van der Waals surface area contributed by atoms with Gasteiger partial charge in [0.15, 0.2) is 0 Å². The van der Waals surface area contributed by atoms with Crippen LogP contribution < -0.4 is 4.74 Å². The Bertz CT molecular complexity index is 434. The highest BCUT2D eigenvalue weighted by atomic mass is 16.5. The molecule has 0 atom stereocenters. The SMILES string of the molecule is CC.CCn1ccc(-c2ccc(OC)nc2)n1. The molecule has 0 saturated carbocycles. The molecule has 4 heteroatoms. The molecule has 0 saturated heterocycles. The van der Waals surface area contributed by atoms with Gasteiger partial charge in [-0.15, -0.1) is 0 Å². The number of aryl methyl sites for hydroxylation is 1. The van der Waals surface area contributed by atoms with E-state index in [2.05, 4.69) is 17.0 Å². The van der Waals surface area contributed by atoms with E-state index in [4.69, 9.17) is 4.74 Å². The van der Waals surface area contributed by atoms with Gasteiger partial charge in [0.2, 0.25) is 5.88 Å². The summed E-state index contributed by atoms with van der Waals surface area (Å²) in [5.41, 5.74) is 1.94. The first-order chi connectivity index (χ1) is 8.33. The summed E-state index contributed by atoms with van der Waals surface area (Å²) in [4.78, 5) is 4.14. The molecule has 0 amide bonds. The molecule has 0 aliphatic heterocycles. The van der Waals surface area contributed by atoms with Crippen LogP contribution in [-0.4, -0.2) is 21.9 Å². The highest BCUT2D eigenvalue weighted by Gasteiger charge is 2.02. The van der Waals surface area contributed by atoms with E-state index in [1.165, 1.54) is 0 Å². The summed E-state index contributed by atoms with van der Waals surface area (Å²) in [5, 5.41) is 4.39. The van der Waals surface area contributed by atoms with Crippen LogP contribution in [0.15, 0.2) is 30.6 Å². The fraction of sp³-hybridized carbons (Fsp3) is 0.385. The van der Waals surface area contributed by atoms with E-state index >= 15 is 0 Å². The van der Waals surface area contributed by atoms with Gasteiger partial charge in [-0.3, -0.25) is 4.68 Å². The van der Waals surface area contributed by atoms with Crippen molar-refractivity contribution in [3.05, 3.63) is 30.6 Å². The summed E-state index contributed by atoms with van der Waals surface area (Å²) in [6.07, 6.45) is 3.72. The Morgan fingerprint density at radius 3 is 2.47 bits per heavy atom. The summed E-state index contributed by atoms with van der Waals surface area (Å²) in [6.45, 7) is 6.94. The van der Waals surface area contributed by atoms with E-state index in [0.29, 0.717) is 5.88 Å². The minimum absolute atomic E-state index is 0.619. The van der Waals surface area contributed by atoms with Crippen LogP contribution in [0.4, 0.5) is 0 Å². The number of hydrogen-bond acceptors (Lipinski definition) is 3. The standard InChI is InChI=1S/C11H13N3O.C2H6/c1-3-14-7-6-10(13-14)9-4-5-11(15-2)12-8-9;1-2/h4-8H,3H2,1-2H3;1-2H3. The maximum absolute atomic E-state index is 4.99. The highest BCUT2D eigenvalue weighted by Crippen LogP contribution is 2.17. The summed E-state index contributed by atoms with van der Waals surface area (Å²) < 4.78 is 6.88. The van der Waals surface area contributed by atoms with Crippen molar-refractivity contribution < 1.29 is 4.74 Å². The zero-order chi connectivity index (χ0) is 12.7. The van der Waals surface area contributed by atoms with Crippen molar-refractivity contribution in [2.45, 2.75) is 27.3 Å². The molecule has 0 fully saturated rings. The van der Waals surface area contributed by atoms with Gasteiger partial charge >= 0.3 is 0 Å². The van der Waals surface area contributed by atoms with Crippen LogP contribution in [0.3, 0.4) is 0 Å². The van der Waals surface area contributed by atoms with E-state index in [1.54, 1.807) is 13.3 Å². The predicted molar refractivity (Wildman–Crippen MR) is 69.0 cm³/mol. The van der Waals surface area contributed by atoms with Gasteiger partial charge < -0.3 is 4.74 Å². The minimum atomic E-state index is 0.619. The molecule has 2 aromatic rings. The van der Waals surface area contributed by atoms with E-state index in [-0.39, 0.29) is 0 Å². The lowest BCUT2D eigenvalue weighted by Gasteiger charge is -1.99. The van der Waals surface area contributed by atoms with Gasteiger partial charge in [-0.05, 0) is 19.1 Å². The Hall–Kier alpha value is -1.84. The van der Waals surface area contributed by atoms with Gasteiger partial charge in [0, 0.05) is 30.6 Å². The van der Waals surface area contributed by atoms with Gasteiger partial charge in [-0.25, -0.2) is 4.98 Å². The number of aromatic nitrogens is 3. The lowest BCUT2D eigenvalue weighted by atomic mass is 10.2. The molecule has 0 spiro atoms. The molecule has 2 heterocycles. The maximum Gasteiger partial charge on any atom is 0.212 e. The molecular formula is C13H19N3O. The summed E-state index contributed by atoms with van der Waals surface area (Å²) >= 11 is 0. The number of rotatable bonds is 3. The Morgan fingerprint density at radius 2 is 2.00 bits per heavy atom. The second-order valence-corrected chi connectivity index (χ2v) is 3.15. The molecule has 0 radical (unpaired) electrons. The van der Waals surface area contributed by atoms with Crippen molar-refractivity contribution >= 4 is 0 Å². The first kappa shape index (κ1) is 13.2. The molecule has 0 aliphatic carbocycles. The fourth-order valence-corrected chi connectivity index (χ4v) is 1.34. The second kappa shape index (κ2) is 6.68. The normalized spacial score (nSPS) is 9.41. The molecule has 4 nitrogen and oxygen atoms in total. The van der Waals surface area contributed by atoms with Crippen LogP contribution in [0.1, 0.15) is 20.8 Å². The van der Waals surface area contributed by atoms with Crippen LogP contribution in [-0.2, 0) is 6.54 Å². The number of ether oxygens (including phenoxy) is 1. The van der Waals surface area contributed by atoms with Crippen molar-refractivity contribution in [2.24, 2.45) is 0 Å². The lowest BCUT2D eigenvalue weighted by molar-refractivity contribution is 0.398. The van der Waals surface area contributed by atoms with Crippen molar-refractivity contribution in [1.29, 1.82) is 0 Å². The molecular weight excluding hydrogens is 214 g/mol. The van der Waals surface area contributed by atoms with Crippen LogP contribution in [0.2, 0.25) is 0 Å². The second-order valence-electron chi connectivity index (χ2n) is 3.15. The van der Waals surface area contributed by atoms with Gasteiger partial charge in [-0.2, -0.15) is 5.10 Å². The van der Waals surface area contributed by atoms with Crippen LogP contribution in [0.5, 0.6) is 5.88 Å². The number of nitrogens with zero attached hydrogens (tertiary/aromatic N) is 3. The Balaban J connectivity index is 0.000000686. The zero-order valence-electron chi connectivity index (χ0n) is 10.8. The zero-order valence-corrected chi connectivity index (χ0v) is 10.8. The van der Waals surface area contributed by atoms with Crippen molar-refractivity contribution in [3.63, 3.8) is 0 Å². The van der Waals surface area contributed by atoms with Gasteiger partial charge in [-0.1, -0.05) is 13.8 Å². The molecule has 0 aliphatic rings. The Morgan fingerprint density at radius 1 is 1.24 bits per heavy atom. The molecule has 92 valence electrons. The van der Waals surface area contributed by atoms with Gasteiger partial charge in [0.1, 0.15) is 0 Å². The molecule has 0 unspecified atom stereocenters. The lowest BCUT2D eigenvalue weighted by Crippen LogP contribution is -1.94. The van der Waals surface area contributed by atoms with Crippen LogP contribution >= 0.6 is 0 Å². The highest BCUT2D eigenvalue weighted by molar-refractivity contribution is 5.57. The van der Waals surface area contributed by atoms with Crippen LogP contribution in [0.25, 0.3) is 11.3 Å². The van der Waals surface area contributed by atoms with Crippen LogP contribution in [0, 0.1) is 0 Å². The van der Waals surface area contributed by atoms with E-state index in [9.17, 15) is 0 Å². The topological polar surface area (TPSA) is 39.9 Å². The first-order valence-electron chi connectivity index (χ1n) is 5.87. The van der Waals surface area contributed by atoms with E-state index in [1.807, 2.05) is 42.9 Å². The average Bonchev–Trinajstić information content (AvgIpc) is 2.90. The number of hydrogen-bond donors (Lipinski definition) is 0. The summed E-state index contributed by atoms with van der Waals surface area (Å²) in [6, 6.07) is 5.77. The summed E-state index contributed by atoms with van der Waals surface area (Å²) in [7, 11) is 1.60. The predicted octanol–water partition coefficient (Wildman–Crippen LogP) is 3.00. The van der Waals surface area contributed by atoms with Gasteiger partial charge in [0.05, 0.1) is 12.8 Å². The third-order valence-corrected chi connectivity index (χ3v) is 2.21. The largest absolute Gasteiger partial charge is 0.481 e. The van der Waals surface area contributed by atoms with E-state index in [0.717, 1.165) is 17.8 Å². The summed E-state index contributed by atoms with van der Waals surface area (Å²) in [5.74, 6) is 0.619. The number of pyridine rings is 1. The van der Waals surface area contributed by atoms with E-state index < -0.39 is 0 Å². The molecule has 17 heavy (non-hydrogen) atoms. The van der Waals surface area contributed by atoms with Crippen molar-refractivity contribution in [1.82, 2.24) is 14.8 Å². The van der Waals surface area contributed by atoms with Gasteiger partial charge in [0.25, 0.3) is 0 Å². The molecule has 0 aromatic carbocycles. The number of methoxy groups -OCH3 is 1. The quantitative estimate of drug-likeness (QED) is 0.818. The smallest absolute Gasteiger partial charge is 0.212 e. The fourth-order valence-electron chi connectivity index (χ4n) is 1.34. The average molecular weight is 233 g/mol. The van der Waals surface area contributed by atoms with Crippen molar-refractivity contribution in [2.75, 3.05) is 7.11 Å². The third kappa shape index (κ3) is 3.31. The third-order valence-electron chi connectivity index (χ3n) is 2.21. The Kier molecular flexibility index (Phi) is 5.20. The maximum atomic E-state index is 4.99. The molecule has 0 bridgehead atoms. The first-order valence-corrected chi connectivity index (χ1v) is 5.87. The van der Waals surface area contributed by atoms with Crippen molar-refractivity contribution in [3.8, 4) is 17.1 Å².